The summed E-state index contributed by atoms with van der Waals surface area (Å²) >= 11 is 8.04. The smallest absolute Gasteiger partial charge is 0.229 e. The highest BCUT2D eigenvalue weighted by atomic mass is 35.5. The van der Waals surface area contributed by atoms with Crippen molar-refractivity contribution in [2.45, 2.75) is 44.7 Å². The van der Waals surface area contributed by atoms with Crippen LogP contribution in [0.5, 0.6) is 0 Å². The van der Waals surface area contributed by atoms with Crippen LogP contribution in [0.4, 0.5) is 10.1 Å². The van der Waals surface area contributed by atoms with Gasteiger partial charge >= 0.3 is 0 Å². The number of carbonyl (C=O) groups is 1. The summed E-state index contributed by atoms with van der Waals surface area (Å²) in [6, 6.07) is 4.22. The van der Waals surface area contributed by atoms with E-state index in [2.05, 4.69) is 20.3 Å². The molecule has 1 amide bonds. The van der Waals surface area contributed by atoms with Gasteiger partial charge in [-0.1, -0.05) is 44.1 Å². The van der Waals surface area contributed by atoms with Gasteiger partial charge in [0.05, 0.1) is 10.7 Å². The largest absolute Gasteiger partial charge is 0.438 e. The van der Waals surface area contributed by atoms with E-state index in [1.165, 1.54) is 23.9 Å². The maximum atomic E-state index is 14.6. The van der Waals surface area contributed by atoms with Gasteiger partial charge in [0.15, 0.2) is 16.8 Å². The van der Waals surface area contributed by atoms with Crippen molar-refractivity contribution in [1.29, 1.82) is 0 Å². The van der Waals surface area contributed by atoms with Crippen molar-refractivity contribution in [3.05, 3.63) is 41.1 Å². The van der Waals surface area contributed by atoms with Crippen molar-refractivity contribution in [2.24, 2.45) is 5.41 Å². The van der Waals surface area contributed by atoms with Gasteiger partial charge in [0.25, 0.3) is 0 Å². The Bertz CT molecular complexity index is 1150. The lowest BCUT2D eigenvalue weighted by atomic mass is 9.95. The van der Waals surface area contributed by atoms with Crippen molar-refractivity contribution >= 4 is 35.0 Å². The van der Waals surface area contributed by atoms with Gasteiger partial charge in [-0.3, -0.25) is 4.79 Å². The molecule has 0 atom stereocenters. The van der Waals surface area contributed by atoms with Gasteiger partial charge in [-0.25, -0.2) is 19.3 Å². The third-order valence-corrected chi connectivity index (χ3v) is 5.81. The number of halogens is 2. The number of hydrogen-bond acceptors (Lipinski definition) is 6. The van der Waals surface area contributed by atoms with E-state index < -0.39 is 11.2 Å². The van der Waals surface area contributed by atoms with Gasteiger partial charge in [-0.05, 0) is 37.3 Å². The van der Waals surface area contributed by atoms with Crippen LogP contribution in [-0.2, 0) is 4.79 Å². The maximum absolute atomic E-state index is 14.6. The van der Waals surface area contributed by atoms with Crippen molar-refractivity contribution in [3.63, 3.8) is 0 Å². The van der Waals surface area contributed by atoms with Gasteiger partial charge in [0.2, 0.25) is 5.91 Å². The molecule has 3 aromatic rings. The molecule has 6 nitrogen and oxygen atoms in total. The summed E-state index contributed by atoms with van der Waals surface area (Å²) in [5.74, 6) is 0.403. The summed E-state index contributed by atoms with van der Waals surface area (Å²) in [6.45, 7) is 5.31. The molecule has 31 heavy (non-hydrogen) atoms. The number of nitrogens with one attached hydrogen (secondary N) is 1. The third-order valence-electron chi connectivity index (χ3n) is 4.84. The lowest BCUT2D eigenvalue weighted by Gasteiger charge is -2.19. The highest BCUT2D eigenvalue weighted by molar-refractivity contribution is 7.98. The lowest BCUT2D eigenvalue weighted by Crippen LogP contribution is -2.27. The standard InChI is InChI=1S/C22H22ClFN4O2S/c1-22(2,3)20(29)26-15-10-12(24)9-13(16(15)23)17-18(30-19(28-17)11-5-6-11)14-7-8-25-21(27-14)31-4/h7-11H,5-6H2,1-4H3,(H,26,29). The zero-order valence-electron chi connectivity index (χ0n) is 17.6. The van der Waals surface area contributed by atoms with Crippen LogP contribution < -0.4 is 5.32 Å². The lowest BCUT2D eigenvalue weighted by molar-refractivity contribution is -0.123. The minimum Gasteiger partial charge on any atom is -0.438 e. The quantitative estimate of drug-likeness (QED) is 0.362. The fraction of sp³-hybridized carbons (Fsp3) is 0.364. The van der Waals surface area contributed by atoms with Crippen LogP contribution in [0.2, 0.25) is 5.02 Å². The fourth-order valence-electron chi connectivity index (χ4n) is 2.93. The first-order chi connectivity index (χ1) is 14.7. The first kappa shape index (κ1) is 21.8. The van der Waals surface area contributed by atoms with E-state index in [0.717, 1.165) is 12.8 Å². The fourth-order valence-corrected chi connectivity index (χ4v) is 3.53. The van der Waals surface area contributed by atoms with Crippen molar-refractivity contribution in [2.75, 3.05) is 11.6 Å². The number of anilines is 1. The van der Waals surface area contributed by atoms with Crippen LogP contribution in [0.25, 0.3) is 22.7 Å². The molecule has 1 N–H and O–H groups in total. The Morgan fingerprint density at radius 2 is 2.03 bits per heavy atom. The molecule has 9 heteroatoms. The molecular weight excluding hydrogens is 439 g/mol. The Morgan fingerprint density at radius 1 is 1.29 bits per heavy atom. The van der Waals surface area contributed by atoms with Crippen LogP contribution in [-0.4, -0.2) is 27.1 Å². The van der Waals surface area contributed by atoms with Crippen LogP contribution in [0.15, 0.2) is 34.0 Å². The minimum absolute atomic E-state index is 0.186. The first-order valence-electron chi connectivity index (χ1n) is 9.86. The van der Waals surface area contributed by atoms with E-state index in [-0.39, 0.29) is 22.5 Å². The van der Waals surface area contributed by atoms with Crippen LogP contribution in [0.3, 0.4) is 0 Å². The van der Waals surface area contributed by atoms with E-state index >= 15 is 0 Å². The van der Waals surface area contributed by atoms with E-state index in [4.69, 9.17) is 16.0 Å². The molecule has 0 bridgehead atoms. The Kier molecular flexibility index (Phi) is 5.79. The number of carbonyl (C=O) groups excluding carboxylic acids is 1. The zero-order chi connectivity index (χ0) is 22.3. The van der Waals surface area contributed by atoms with Gasteiger partial charge in [-0.15, -0.1) is 0 Å². The maximum Gasteiger partial charge on any atom is 0.229 e. The molecule has 1 saturated carbocycles. The Labute approximate surface area is 189 Å². The minimum atomic E-state index is -0.664. The van der Waals surface area contributed by atoms with Crippen LogP contribution >= 0.6 is 23.4 Å². The summed E-state index contributed by atoms with van der Waals surface area (Å²) in [5.41, 5.74) is 0.785. The van der Waals surface area contributed by atoms with Gasteiger partial charge in [0, 0.05) is 23.1 Å². The Balaban J connectivity index is 1.85. The predicted molar refractivity (Wildman–Crippen MR) is 120 cm³/mol. The highest BCUT2D eigenvalue weighted by Gasteiger charge is 2.32. The number of oxazole rings is 1. The number of nitrogens with zero attached hydrogens (tertiary/aromatic N) is 3. The normalized spacial score (nSPS) is 14.0. The SMILES string of the molecule is CSc1nccc(-c2oc(C3CC3)nc2-c2cc(F)cc(NC(=O)C(C)(C)C)c2Cl)n1. The average Bonchev–Trinajstić information content (AvgIpc) is 3.48. The molecular formula is C22H22ClFN4O2S. The van der Waals surface area contributed by atoms with Gasteiger partial charge in [0.1, 0.15) is 17.2 Å². The molecule has 162 valence electrons. The number of benzene rings is 1. The summed E-state index contributed by atoms with van der Waals surface area (Å²) in [4.78, 5) is 25.8. The van der Waals surface area contributed by atoms with Crippen molar-refractivity contribution < 1.29 is 13.6 Å². The Morgan fingerprint density at radius 3 is 2.68 bits per heavy atom. The number of rotatable bonds is 5. The van der Waals surface area contributed by atoms with Crippen molar-refractivity contribution in [3.8, 4) is 22.7 Å². The van der Waals surface area contributed by atoms with Gasteiger partial charge < -0.3 is 9.73 Å². The number of thioether (sulfide) groups is 1. The van der Waals surface area contributed by atoms with Crippen LogP contribution in [0.1, 0.15) is 45.4 Å². The molecule has 1 aliphatic carbocycles. The van der Waals surface area contributed by atoms with E-state index in [1.807, 2.05) is 6.26 Å². The molecule has 1 aliphatic rings. The molecule has 0 unspecified atom stereocenters. The monoisotopic (exact) mass is 460 g/mol. The first-order valence-corrected chi connectivity index (χ1v) is 11.5. The number of hydrogen-bond donors (Lipinski definition) is 1. The molecule has 0 radical (unpaired) electrons. The predicted octanol–water partition coefficient (Wildman–Crippen LogP) is 6.18. The molecule has 1 fully saturated rings. The second-order valence-electron chi connectivity index (χ2n) is 8.45. The number of aromatic nitrogens is 3. The topological polar surface area (TPSA) is 80.9 Å². The summed E-state index contributed by atoms with van der Waals surface area (Å²) in [7, 11) is 0. The zero-order valence-corrected chi connectivity index (χ0v) is 19.2. The second kappa shape index (κ2) is 8.24. The average molecular weight is 461 g/mol. The van der Waals surface area contributed by atoms with E-state index in [1.54, 1.807) is 33.0 Å². The van der Waals surface area contributed by atoms with E-state index in [9.17, 15) is 9.18 Å². The molecule has 0 saturated heterocycles. The molecule has 2 aromatic heterocycles. The second-order valence-corrected chi connectivity index (χ2v) is 9.60. The Hall–Kier alpha value is -2.45. The van der Waals surface area contributed by atoms with Crippen LogP contribution in [0, 0.1) is 11.2 Å². The summed E-state index contributed by atoms with van der Waals surface area (Å²) in [6.07, 6.45) is 5.50. The van der Waals surface area contributed by atoms with Gasteiger partial charge in [-0.2, -0.15) is 0 Å². The summed E-state index contributed by atoms with van der Waals surface area (Å²) < 4.78 is 20.6. The summed E-state index contributed by atoms with van der Waals surface area (Å²) in [5, 5.41) is 3.49. The van der Waals surface area contributed by atoms with E-state index in [0.29, 0.717) is 33.8 Å². The molecule has 2 heterocycles. The van der Waals surface area contributed by atoms with Crippen molar-refractivity contribution in [1.82, 2.24) is 15.0 Å². The molecule has 4 rings (SSSR count). The molecule has 1 aromatic carbocycles. The number of amides is 1. The molecule has 0 aliphatic heterocycles. The highest BCUT2D eigenvalue weighted by Crippen LogP contribution is 2.45. The molecule has 0 spiro atoms. The third kappa shape index (κ3) is 4.60.